The highest BCUT2D eigenvalue weighted by Gasteiger charge is 2.40. The number of hydrogen-bond acceptors (Lipinski definition) is 2. The molecule has 4 rings (SSSR count). The molecule has 1 fully saturated rings. The SMILES string of the molecule is O=S(=O)(C1=Cc2ccccc2CC1)N1CC2CC=CCC2C1. The van der Waals surface area contributed by atoms with Crippen LogP contribution in [0.25, 0.3) is 6.08 Å². The Hall–Kier alpha value is -1.39. The lowest BCUT2D eigenvalue weighted by atomic mass is 9.86. The highest BCUT2D eigenvalue weighted by atomic mass is 32.2. The molecular weight excluding hydrogens is 294 g/mol. The summed E-state index contributed by atoms with van der Waals surface area (Å²) in [7, 11) is -3.30. The van der Waals surface area contributed by atoms with Crippen LogP contribution in [0.2, 0.25) is 0 Å². The van der Waals surface area contributed by atoms with Crippen LogP contribution in [0.5, 0.6) is 0 Å². The number of fused-ring (bicyclic) bond motifs is 2. The summed E-state index contributed by atoms with van der Waals surface area (Å²) in [6, 6.07) is 8.09. The topological polar surface area (TPSA) is 37.4 Å². The second kappa shape index (κ2) is 5.36. The van der Waals surface area contributed by atoms with Gasteiger partial charge in [-0.2, -0.15) is 4.31 Å². The van der Waals surface area contributed by atoms with Crippen molar-refractivity contribution in [3.63, 3.8) is 0 Å². The molecule has 22 heavy (non-hydrogen) atoms. The van der Waals surface area contributed by atoms with Crippen LogP contribution in [0.4, 0.5) is 0 Å². The van der Waals surface area contributed by atoms with Gasteiger partial charge in [0, 0.05) is 13.1 Å². The fraction of sp³-hybridized carbons (Fsp3) is 0.444. The molecular formula is C18H21NO2S. The molecule has 0 N–H and O–H groups in total. The van der Waals surface area contributed by atoms with Crippen molar-refractivity contribution in [3.05, 3.63) is 52.4 Å². The number of aryl methyl sites for hydroxylation is 1. The van der Waals surface area contributed by atoms with Crippen molar-refractivity contribution in [2.75, 3.05) is 13.1 Å². The van der Waals surface area contributed by atoms with Crippen molar-refractivity contribution in [1.82, 2.24) is 4.31 Å². The second-order valence-corrected chi connectivity index (χ2v) is 8.59. The molecule has 1 heterocycles. The number of hydrogen-bond donors (Lipinski definition) is 0. The van der Waals surface area contributed by atoms with Crippen LogP contribution < -0.4 is 0 Å². The normalized spacial score (nSPS) is 28.1. The summed E-state index contributed by atoms with van der Waals surface area (Å²) in [5, 5.41) is 0. The minimum atomic E-state index is -3.30. The van der Waals surface area contributed by atoms with Gasteiger partial charge in [-0.1, -0.05) is 36.4 Å². The van der Waals surface area contributed by atoms with Crippen LogP contribution in [-0.4, -0.2) is 25.8 Å². The zero-order valence-corrected chi connectivity index (χ0v) is 13.4. The Kier molecular flexibility index (Phi) is 3.46. The van der Waals surface area contributed by atoms with E-state index in [-0.39, 0.29) is 0 Å². The number of benzene rings is 1. The molecule has 0 aromatic heterocycles. The summed E-state index contributed by atoms with van der Waals surface area (Å²) in [5.41, 5.74) is 2.31. The highest BCUT2D eigenvalue weighted by Crippen LogP contribution is 2.37. The van der Waals surface area contributed by atoms with Gasteiger partial charge in [-0.05, 0) is 54.7 Å². The molecule has 2 unspecified atom stereocenters. The van der Waals surface area contributed by atoms with Crippen LogP contribution in [-0.2, 0) is 16.4 Å². The van der Waals surface area contributed by atoms with E-state index in [0.29, 0.717) is 36.3 Å². The van der Waals surface area contributed by atoms with Crippen molar-refractivity contribution in [2.45, 2.75) is 25.7 Å². The number of allylic oxidation sites excluding steroid dienone is 3. The first-order valence-electron chi connectivity index (χ1n) is 8.08. The minimum Gasteiger partial charge on any atom is -0.207 e. The first-order chi connectivity index (χ1) is 10.6. The van der Waals surface area contributed by atoms with Gasteiger partial charge >= 0.3 is 0 Å². The second-order valence-electron chi connectivity index (χ2n) is 6.59. The summed E-state index contributed by atoms with van der Waals surface area (Å²) in [6.45, 7) is 1.38. The Morgan fingerprint density at radius 1 is 0.955 bits per heavy atom. The molecule has 1 aromatic carbocycles. The van der Waals surface area contributed by atoms with Gasteiger partial charge in [-0.15, -0.1) is 0 Å². The molecule has 0 spiro atoms. The minimum absolute atomic E-state index is 0.510. The quantitative estimate of drug-likeness (QED) is 0.786. The maximum atomic E-state index is 13.0. The average molecular weight is 315 g/mol. The molecule has 0 saturated carbocycles. The van der Waals surface area contributed by atoms with Gasteiger partial charge in [0.25, 0.3) is 0 Å². The molecule has 0 radical (unpaired) electrons. The van der Waals surface area contributed by atoms with Crippen molar-refractivity contribution >= 4 is 16.1 Å². The number of rotatable bonds is 2. The van der Waals surface area contributed by atoms with Gasteiger partial charge < -0.3 is 0 Å². The first kappa shape index (κ1) is 14.2. The average Bonchev–Trinajstić information content (AvgIpc) is 2.99. The maximum absolute atomic E-state index is 13.0. The van der Waals surface area contributed by atoms with Crippen LogP contribution in [0, 0.1) is 11.8 Å². The molecule has 1 saturated heterocycles. The highest BCUT2D eigenvalue weighted by molar-refractivity contribution is 7.93. The van der Waals surface area contributed by atoms with E-state index in [4.69, 9.17) is 0 Å². The molecule has 116 valence electrons. The van der Waals surface area contributed by atoms with Gasteiger partial charge in [-0.25, -0.2) is 8.42 Å². The third-order valence-corrected chi connectivity index (χ3v) is 7.23. The fourth-order valence-corrected chi connectivity index (χ4v) is 5.69. The Labute approximate surface area is 132 Å². The van der Waals surface area contributed by atoms with E-state index in [0.717, 1.165) is 24.8 Å². The van der Waals surface area contributed by atoms with E-state index in [9.17, 15) is 8.42 Å². The number of nitrogens with zero attached hydrogens (tertiary/aromatic N) is 1. The third-order valence-electron chi connectivity index (χ3n) is 5.27. The molecule has 0 bridgehead atoms. The van der Waals surface area contributed by atoms with E-state index in [1.807, 2.05) is 24.3 Å². The summed E-state index contributed by atoms with van der Waals surface area (Å²) < 4.78 is 27.7. The van der Waals surface area contributed by atoms with E-state index in [1.165, 1.54) is 5.56 Å². The van der Waals surface area contributed by atoms with E-state index in [2.05, 4.69) is 18.2 Å². The monoisotopic (exact) mass is 315 g/mol. The Morgan fingerprint density at radius 2 is 1.64 bits per heavy atom. The Morgan fingerprint density at radius 3 is 2.36 bits per heavy atom. The predicted molar refractivity (Wildman–Crippen MR) is 88.6 cm³/mol. The first-order valence-corrected chi connectivity index (χ1v) is 9.52. The molecule has 1 aliphatic heterocycles. The van der Waals surface area contributed by atoms with Gasteiger partial charge in [0.2, 0.25) is 10.0 Å². The molecule has 1 aromatic rings. The van der Waals surface area contributed by atoms with Crippen LogP contribution in [0.3, 0.4) is 0 Å². The fourth-order valence-electron chi connectivity index (χ4n) is 3.94. The lowest BCUT2D eigenvalue weighted by Crippen LogP contribution is -2.31. The van der Waals surface area contributed by atoms with E-state index >= 15 is 0 Å². The van der Waals surface area contributed by atoms with Crippen LogP contribution in [0.15, 0.2) is 41.3 Å². The summed E-state index contributed by atoms with van der Waals surface area (Å²) >= 11 is 0. The van der Waals surface area contributed by atoms with Crippen molar-refractivity contribution in [3.8, 4) is 0 Å². The summed E-state index contributed by atoms with van der Waals surface area (Å²) in [6.07, 6.45) is 9.79. The van der Waals surface area contributed by atoms with Gasteiger partial charge in [-0.3, -0.25) is 0 Å². The van der Waals surface area contributed by atoms with Gasteiger partial charge in [0.1, 0.15) is 0 Å². The van der Waals surface area contributed by atoms with Crippen LogP contribution in [0.1, 0.15) is 30.4 Å². The van der Waals surface area contributed by atoms with Crippen molar-refractivity contribution in [2.24, 2.45) is 11.8 Å². The maximum Gasteiger partial charge on any atom is 0.239 e. The predicted octanol–water partition coefficient (Wildman–Crippen LogP) is 3.20. The Balaban J connectivity index is 1.61. The van der Waals surface area contributed by atoms with Gasteiger partial charge in [0.15, 0.2) is 0 Å². The summed E-state index contributed by atoms with van der Waals surface area (Å²) in [5.74, 6) is 1.02. The van der Waals surface area contributed by atoms with E-state index in [1.54, 1.807) is 4.31 Å². The molecule has 4 heteroatoms. The molecule has 3 nitrogen and oxygen atoms in total. The third kappa shape index (κ3) is 2.34. The lowest BCUT2D eigenvalue weighted by Gasteiger charge is -2.22. The molecule has 2 aliphatic carbocycles. The molecule has 0 amide bonds. The zero-order chi connectivity index (χ0) is 15.2. The molecule has 3 aliphatic rings. The Bertz CT molecular complexity index is 732. The van der Waals surface area contributed by atoms with E-state index < -0.39 is 10.0 Å². The zero-order valence-electron chi connectivity index (χ0n) is 12.6. The lowest BCUT2D eigenvalue weighted by molar-refractivity contribution is 0.411. The van der Waals surface area contributed by atoms with Crippen molar-refractivity contribution in [1.29, 1.82) is 0 Å². The van der Waals surface area contributed by atoms with Crippen LogP contribution >= 0.6 is 0 Å². The largest absolute Gasteiger partial charge is 0.239 e. The molecule has 2 atom stereocenters. The summed E-state index contributed by atoms with van der Waals surface area (Å²) in [4.78, 5) is 0.595. The standard InChI is InChI=1S/C18H21NO2S/c20-22(21,19-12-16-7-3-4-8-17(16)13-19)18-10-9-14-5-1-2-6-15(14)11-18/h1-6,11,16-17H,7-10,12-13H2. The van der Waals surface area contributed by atoms with Gasteiger partial charge in [0.05, 0.1) is 4.91 Å². The van der Waals surface area contributed by atoms with Crippen molar-refractivity contribution < 1.29 is 8.42 Å². The number of sulfonamides is 1. The smallest absolute Gasteiger partial charge is 0.207 e.